The van der Waals surface area contributed by atoms with Crippen LogP contribution in [0.15, 0.2) is 12.1 Å². The molecular weight excluding hydrogens is 188 g/mol. The molecular formula is C12H18N2O. The van der Waals surface area contributed by atoms with Crippen molar-refractivity contribution in [3.63, 3.8) is 0 Å². The number of likely N-dealkylation sites (N-methyl/N-ethyl adjacent to an activating group) is 1. The van der Waals surface area contributed by atoms with Crippen molar-refractivity contribution >= 4 is 5.91 Å². The van der Waals surface area contributed by atoms with Crippen LogP contribution in [-0.2, 0) is 4.79 Å². The number of nitrogens with two attached hydrogens (primary N) is 1. The molecule has 1 aromatic carbocycles. The molecule has 1 aromatic rings. The van der Waals surface area contributed by atoms with Crippen LogP contribution < -0.4 is 11.1 Å². The molecule has 0 radical (unpaired) electrons. The Balaban J connectivity index is 3.24. The third-order valence-corrected chi connectivity index (χ3v) is 2.77. The zero-order valence-electron chi connectivity index (χ0n) is 9.72. The number of carbonyl (C=O) groups is 1. The smallest absolute Gasteiger partial charge is 0.239 e. The SMILES string of the molecule is CNC(C(N)=O)c1cc(C)c(C)cc1C. The van der Waals surface area contributed by atoms with E-state index in [4.69, 9.17) is 5.73 Å². The van der Waals surface area contributed by atoms with Crippen LogP contribution in [-0.4, -0.2) is 13.0 Å². The predicted octanol–water partition coefficient (Wildman–Crippen LogP) is 1.36. The van der Waals surface area contributed by atoms with Gasteiger partial charge in [-0.25, -0.2) is 0 Å². The highest BCUT2D eigenvalue weighted by Crippen LogP contribution is 2.21. The van der Waals surface area contributed by atoms with E-state index >= 15 is 0 Å². The second-order valence-corrected chi connectivity index (χ2v) is 3.92. The molecule has 0 saturated carbocycles. The summed E-state index contributed by atoms with van der Waals surface area (Å²) in [6, 6.07) is 3.71. The van der Waals surface area contributed by atoms with Crippen molar-refractivity contribution in [3.8, 4) is 0 Å². The quantitative estimate of drug-likeness (QED) is 0.784. The first-order chi connectivity index (χ1) is 6.97. The van der Waals surface area contributed by atoms with Gasteiger partial charge in [0.05, 0.1) is 0 Å². The van der Waals surface area contributed by atoms with Crippen LogP contribution in [0.25, 0.3) is 0 Å². The maximum atomic E-state index is 11.2. The van der Waals surface area contributed by atoms with Crippen molar-refractivity contribution in [2.75, 3.05) is 7.05 Å². The third kappa shape index (κ3) is 2.36. The lowest BCUT2D eigenvalue weighted by atomic mass is 9.95. The Morgan fingerprint density at radius 2 is 1.73 bits per heavy atom. The van der Waals surface area contributed by atoms with Crippen molar-refractivity contribution in [2.24, 2.45) is 5.73 Å². The summed E-state index contributed by atoms with van der Waals surface area (Å²) in [5.41, 5.74) is 9.80. The minimum Gasteiger partial charge on any atom is -0.368 e. The highest BCUT2D eigenvalue weighted by Gasteiger charge is 2.17. The van der Waals surface area contributed by atoms with Crippen LogP contribution in [0.4, 0.5) is 0 Å². The zero-order chi connectivity index (χ0) is 11.6. The molecule has 1 atom stereocenters. The van der Waals surface area contributed by atoms with Crippen LogP contribution in [0.1, 0.15) is 28.3 Å². The average Bonchev–Trinajstić information content (AvgIpc) is 2.14. The van der Waals surface area contributed by atoms with E-state index in [0.717, 1.165) is 11.1 Å². The van der Waals surface area contributed by atoms with Gasteiger partial charge in [-0.1, -0.05) is 12.1 Å². The standard InChI is InChI=1S/C12H18N2O/c1-7-5-9(3)10(6-8(7)2)11(14-4)12(13)15/h5-6,11,14H,1-4H3,(H2,13,15). The summed E-state index contributed by atoms with van der Waals surface area (Å²) in [6.07, 6.45) is 0. The topological polar surface area (TPSA) is 55.1 Å². The third-order valence-electron chi connectivity index (χ3n) is 2.77. The van der Waals surface area contributed by atoms with Crippen molar-refractivity contribution in [1.29, 1.82) is 0 Å². The fourth-order valence-corrected chi connectivity index (χ4v) is 1.74. The van der Waals surface area contributed by atoms with Crippen molar-refractivity contribution in [1.82, 2.24) is 5.32 Å². The molecule has 0 aliphatic heterocycles. The molecule has 0 saturated heterocycles. The summed E-state index contributed by atoms with van der Waals surface area (Å²) in [5, 5.41) is 2.93. The molecule has 0 aliphatic carbocycles. The molecule has 0 heterocycles. The minimum atomic E-state index is -0.399. The van der Waals surface area contributed by atoms with Gasteiger partial charge in [-0.2, -0.15) is 0 Å². The summed E-state index contributed by atoms with van der Waals surface area (Å²) in [7, 11) is 1.74. The molecule has 0 bridgehead atoms. The lowest BCUT2D eigenvalue weighted by Gasteiger charge is -2.17. The maximum absolute atomic E-state index is 11.2. The lowest BCUT2D eigenvalue weighted by Crippen LogP contribution is -2.31. The van der Waals surface area contributed by atoms with Crippen LogP contribution >= 0.6 is 0 Å². The van der Waals surface area contributed by atoms with Gasteiger partial charge < -0.3 is 11.1 Å². The number of aryl methyl sites for hydroxylation is 3. The summed E-state index contributed by atoms with van der Waals surface area (Å²) in [6.45, 7) is 6.09. The van der Waals surface area contributed by atoms with Crippen LogP contribution in [0.3, 0.4) is 0 Å². The van der Waals surface area contributed by atoms with Crippen molar-refractivity contribution < 1.29 is 4.79 Å². The fraction of sp³-hybridized carbons (Fsp3) is 0.417. The molecule has 0 fully saturated rings. The molecule has 3 N–H and O–H groups in total. The van der Waals surface area contributed by atoms with Gasteiger partial charge >= 0.3 is 0 Å². The first-order valence-electron chi connectivity index (χ1n) is 5.01. The van der Waals surface area contributed by atoms with Crippen LogP contribution in [0.5, 0.6) is 0 Å². The number of hydrogen-bond donors (Lipinski definition) is 2. The minimum absolute atomic E-state index is 0.344. The molecule has 3 heteroatoms. The van der Waals surface area contributed by atoms with Crippen molar-refractivity contribution in [3.05, 3.63) is 34.4 Å². The largest absolute Gasteiger partial charge is 0.368 e. The molecule has 0 aliphatic rings. The predicted molar refractivity (Wildman–Crippen MR) is 61.6 cm³/mol. The second kappa shape index (κ2) is 4.45. The number of rotatable bonds is 3. The Bertz CT molecular complexity index is 385. The zero-order valence-corrected chi connectivity index (χ0v) is 9.72. The van der Waals surface area contributed by atoms with E-state index in [1.54, 1.807) is 7.05 Å². The van der Waals surface area contributed by atoms with Crippen LogP contribution in [0, 0.1) is 20.8 Å². The van der Waals surface area contributed by atoms with Gasteiger partial charge in [-0.05, 0) is 50.1 Å². The number of primary amides is 1. The van der Waals surface area contributed by atoms with E-state index in [1.165, 1.54) is 11.1 Å². The van der Waals surface area contributed by atoms with Gasteiger partial charge in [-0.15, -0.1) is 0 Å². The molecule has 1 unspecified atom stereocenters. The van der Waals surface area contributed by atoms with Gasteiger partial charge in [-0.3, -0.25) is 4.79 Å². The van der Waals surface area contributed by atoms with Gasteiger partial charge in [0.25, 0.3) is 0 Å². The molecule has 0 aromatic heterocycles. The summed E-state index contributed by atoms with van der Waals surface area (Å²) < 4.78 is 0. The Hall–Kier alpha value is -1.35. The van der Waals surface area contributed by atoms with E-state index < -0.39 is 6.04 Å². The molecule has 3 nitrogen and oxygen atoms in total. The maximum Gasteiger partial charge on any atom is 0.239 e. The van der Waals surface area contributed by atoms with Gasteiger partial charge in [0.2, 0.25) is 5.91 Å². The Morgan fingerprint density at radius 3 is 2.20 bits per heavy atom. The normalized spacial score (nSPS) is 12.5. The Labute approximate surface area is 90.7 Å². The van der Waals surface area contributed by atoms with E-state index in [2.05, 4.69) is 18.3 Å². The second-order valence-electron chi connectivity index (χ2n) is 3.92. The molecule has 15 heavy (non-hydrogen) atoms. The summed E-state index contributed by atoms with van der Waals surface area (Å²) in [4.78, 5) is 11.2. The number of amides is 1. The highest BCUT2D eigenvalue weighted by atomic mass is 16.1. The van der Waals surface area contributed by atoms with Gasteiger partial charge in [0, 0.05) is 0 Å². The number of nitrogens with one attached hydrogen (secondary N) is 1. The first kappa shape index (κ1) is 11.7. The molecule has 1 rings (SSSR count). The highest BCUT2D eigenvalue weighted by molar-refractivity contribution is 5.82. The van der Waals surface area contributed by atoms with Crippen molar-refractivity contribution in [2.45, 2.75) is 26.8 Å². The Morgan fingerprint density at radius 1 is 1.20 bits per heavy atom. The Kier molecular flexibility index (Phi) is 3.48. The van der Waals surface area contributed by atoms with E-state index in [1.807, 2.05) is 19.9 Å². The monoisotopic (exact) mass is 206 g/mol. The average molecular weight is 206 g/mol. The van der Waals surface area contributed by atoms with Gasteiger partial charge in [0.15, 0.2) is 0 Å². The molecule has 82 valence electrons. The molecule has 1 amide bonds. The number of benzene rings is 1. The summed E-state index contributed by atoms with van der Waals surface area (Å²) in [5.74, 6) is -0.344. The number of carbonyl (C=O) groups excluding carboxylic acids is 1. The first-order valence-corrected chi connectivity index (χ1v) is 5.01. The van der Waals surface area contributed by atoms with E-state index in [0.29, 0.717) is 0 Å². The molecule has 0 spiro atoms. The van der Waals surface area contributed by atoms with E-state index in [9.17, 15) is 4.79 Å². The number of hydrogen-bond acceptors (Lipinski definition) is 2. The summed E-state index contributed by atoms with van der Waals surface area (Å²) >= 11 is 0. The van der Waals surface area contributed by atoms with E-state index in [-0.39, 0.29) is 5.91 Å². The fourth-order valence-electron chi connectivity index (χ4n) is 1.74. The van der Waals surface area contributed by atoms with Gasteiger partial charge in [0.1, 0.15) is 6.04 Å². The lowest BCUT2D eigenvalue weighted by molar-refractivity contribution is -0.120. The van der Waals surface area contributed by atoms with Crippen LogP contribution in [0.2, 0.25) is 0 Å².